The van der Waals surface area contributed by atoms with Crippen molar-refractivity contribution in [3.05, 3.63) is 22.8 Å². The van der Waals surface area contributed by atoms with Crippen LogP contribution >= 0.6 is 11.3 Å². The van der Waals surface area contributed by atoms with Gasteiger partial charge in [0.15, 0.2) is 11.5 Å². The third-order valence-corrected chi connectivity index (χ3v) is 4.30. The number of hydrogen-bond acceptors (Lipinski definition) is 5. The van der Waals surface area contributed by atoms with Crippen molar-refractivity contribution in [2.45, 2.75) is 27.7 Å². The number of imidazole rings is 1. The van der Waals surface area contributed by atoms with Crippen molar-refractivity contribution in [2.75, 3.05) is 18.4 Å². The standard InChI is InChI=1S/C17H21N5S/c1-11-10-20-15-14(19-8-7-18)21-13-9-12(5-6-17(2,3)4)23-16(13)22(11)15/h9-10H,7-8,18H2,1-4H3,(H,19,21). The largest absolute Gasteiger partial charge is 0.366 e. The van der Waals surface area contributed by atoms with E-state index in [1.807, 2.05) is 19.2 Å². The first kappa shape index (κ1) is 15.8. The molecule has 23 heavy (non-hydrogen) atoms. The van der Waals surface area contributed by atoms with Crippen molar-refractivity contribution in [1.82, 2.24) is 14.4 Å². The Bertz CT molecular complexity index is 918. The number of rotatable bonds is 3. The summed E-state index contributed by atoms with van der Waals surface area (Å²) in [5.41, 5.74) is 8.42. The average molecular weight is 327 g/mol. The monoisotopic (exact) mass is 327 g/mol. The lowest BCUT2D eigenvalue weighted by Crippen LogP contribution is -2.14. The molecule has 0 fully saturated rings. The molecular weight excluding hydrogens is 306 g/mol. The Labute approximate surface area is 139 Å². The fourth-order valence-electron chi connectivity index (χ4n) is 2.26. The average Bonchev–Trinajstić information content (AvgIpc) is 3.05. The molecule has 6 heteroatoms. The molecule has 3 aromatic rings. The maximum absolute atomic E-state index is 5.59. The number of nitrogens with zero attached hydrogens (tertiary/aromatic N) is 3. The van der Waals surface area contributed by atoms with Gasteiger partial charge in [-0.15, -0.1) is 11.3 Å². The predicted octanol–water partition coefficient (Wildman–Crippen LogP) is 3.02. The molecule has 0 atom stereocenters. The smallest absolute Gasteiger partial charge is 0.181 e. The summed E-state index contributed by atoms with van der Waals surface area (Å²) < 4.78 is 2.13. The highest BCUT2D eigenvalue weighted by molar-refractivity contribution is 7.19. The van der Waals surface area contributed by atoms with Gasteiger partial charge in [-0.1, -0.05) is 11.8 Å². The minimum Gasteiger partial charge on any atom is -0.366 e. The van der Waals surface area contributed by atoms with E-state index in [0.717, 1.165) is 32.4 Å². The maximum atomic E-state index is 5.59. The van der Waals surface area contributed by atoms with Crippen molar-refractivity contribution in [3.63, 3.8) is 0 Å². The maximum Gasteiger partial charge on any atom is 0.181 e. The first-order chi connectivity index (χ1) is 10.9. The molecule has 0 bridgehead atoms. The summed E-state index contributed by atoms with van der Waals surface area (Å²) in [6, 6.07) is 2.05. The molecule has 0 unspecified atom stereocenters. The van der Waals surface area contributed by atoms with Crippen LogP contribution in [-0.2, 0) is 0 Å². The van der Waals surface area contributed by atoms with Gasteiger partial charge in [0.05, 0.1) is 4.88 Å². The molecule has 3 rings (SSSR count). The van der Waals surface area contributed by atoms with Gasteiger partial charge in [0, 0.05) is 30.4 Å². The normalized spacial score (nSPS) is 11.7. The number of aromatic nitrogens is 3. The first-order valence-corrected chi connectivity index (χ1v) is 8.45. The van der Waals surface area contributed by atoms with Gasteiger partial charge in [-0.3, -0.25) is 4.40 Å². The van der Waals surface area contributed by atoms with Crippen LogP contribution in [-0.4, -0.2) is 27.5 Å². The fraction of sp³-hybridized carbons (Fsp3) is 0.412. The Balaban J connectivity index is 2.19. The van der Waals surface area contributed by atoms with Gasteiger partial charge in [0.2, 0.25) is 0 Å². The second kappa shape index (κ2) is 5.84. The second-order valence-electron chi connectivity index (χ2n) is 6.54. The van der Waals surface area contributed by atoms with E-state index < -0.39 is 0 Å². The van der Waals surface area contributed by atoms with Crippen LogP contribution < -0.4 is 11.1 Å². The Morgan fingerprint density at radius 1 is 1.39 bits per heavy atom. The van der Waals surface area contributed by atoms with Crippen molar-refractivity contribution in [1.29, 1.82) is 0 Å². The van der Waals surface area contributed by atoms with Crippen molar-refractivity contribution >= 4 is 33.1 Å². The van der Waals surface area contributed by atoms with Crippen LogP contribution in [0, 0.1) is 24.2 Å². The minimum atomic E-state index is -0.0162. The van der Waals surface area contributed by atoms with Crippen LogP contribution in [0.3, 0.4) is 0 Å². The van der Waals surface area contributed by atoms with Gasteiger partial charge in [-0.25, -0.2) is 9.97 Å². The van der Waals surface area contributed by atoms with Crippen LogP contribution in [0.4, 0.5) is 5.82 Å². The number of anilines is 1. The zero-order chi connectivity index (χ0) is 16.6. The number of nitrogens with two attached hydrogens (primary N) is 1. The summed E-state index contributed by atoms with van der Waals surface area (Å²) >= 11 is 1.65. The van der Waals surface area contributed by atoms with Crippen molar-refractivity contribution in [2.24, 2.45) is 11.1 Å². The Morgan fingerprint density at radius 3 is 2.87 bits per heavy atom. The minimum absolute atomic E-state index is 0.0162. The number of fused-ring (bicyclic) bond motifs is 3. The molecule has 3 heterocycles. The third kappa shape index (κ3) is 3.16. The van der Waals surface area contributed by atoms with Crippen molar-refractivity contribution < 1.29 is 0 Å². The highest BCUT2D eigenvalue weighted by Crippen LogP contribution is 2.29. The van der Waals surface area contributed by atoms with Gasteiger partial charge in [0.1, 0.15) is 10.3 Å². The number of thiophene rings is 1. The van der Waals surface area contributed by atoms with Crippen LogP contribution in [0.1, 0.15) is 31.3 Å². The fourth-order valence-corrected chi connectivity index (χ4v) is 3.27. The molecule has 3 N–H and O–H groups in total. The van der Waals surface area contributed by atoms with Crippen LogP contribution in [0.15, 0.2) is 12.3 Å². The quantitative estimate of drug-likeness (QED) is 0.726. The topological polar surface area (TPSA) is 68.2 Å². The van der Waals surface area contributed by atoms with E-state index >= 15 is 0 Å². The highest BCUT2D eigenvalue weighted by atomic mass is 32.1. The molecule has 0 saturated heterocycles. The Morgan fingerprint density at radius 2 is 2.17 bits per heavy atom. The SMILES string of the molecule is Cc1cnc2c(NCCN)nc3cc(C#CC(C)(C)C)sc3n12. The van der Waals surface area contributed by atoms with Gasteiger partial charge >= 0.3 is 0 Å². The molecule has 5 nitrogen and oxygen atoms in total. The van der Waals surface area contributed by atoms with E-state index in [4.69, 9.17) is 10.7 Å². The summed E-state index contributed by atoms with van der Waals surface area (Å²) in [6.07, 6.45) is 1.87. The molecule has 0 amide bonds. The van der Waals surface area contributed by atoms with E-state index in [-0.39, 0.29) is 5.41 Å². The first-order valence-electron chi connectivity index (χ1n) is 7.64. The number of aryl methyl sites for hydroxylation is 1. The highest BCUT2D eigenvalue weighted by Gasteiger charge is 2.14. The lowest BCUT2D eigenvalue weighted by atomic mass is 9.98. The van der Waals surface area contributed by atoms with E-state index in [1.165, 1.54) is 0 Å². The summed E-state index contributed by atoms with van der Waals surface area (Å²) in [5, 5.41) is 3.26. The number of hydrogen-bond donors (Lipinski definition) is 2. The molecule has 0 aromatic carbocycles. The molecule has 0 aliphatic carbocycles. The zero-order valence-electron chi connectivity index (χ0n) is 13.9. The summed E-state index contributed by atoms with van der Waals surface area (Å²) in [7, 11) is 0. The molecule has 0 aliphatic rings. The lowest BCUT2D eigenvalue weighted by Gasteiger charge is -2.07. The zero-order valence-corrected chi connectivity index (χ0v) is 14.7. The molecule has 0 spiro atoms. The molecule has 120 valence electrons. The summed E-state index contributed by atoms with van der Waals surface area (Å²) in [6.45, 7) is 9.60. The Kier molecular flexibility index (Phi) is 4.00. The second-order valence-corrected chi connectivity index (χ2v) is 7.57. The molecule has 0 aliphatic heterocycles. The van der Waals surface area contributed by atoms with E-state index in [2.05, 4.69) is 47.3 Å². The van der Waals surface area contributed by atoms with Crippen LogP contribution in [0.5, 0.6) is 0 Å². The van der Waals surface area contributed by atoms with Gasteiger partial charge in [-0.2, -0.15) is 0 Å². The molecule has 0 radical (unpaired) electrons. The van der Waals surface area contributed by atoms with Crippen LogP contribution in [0.2, 0.25) is 0 Å². The molecule has 0 saturated carbocycles. The Hall–Kier alpha value is -2.10. The number of nitrogens with one attached hydrogen (secondary N) is 1. The van der Waals surface area contributed by atoms with Crippen molar-refractivity contribution in [3.8, 4) is 11.8 Å². The van der Waals surface area contributed by atoms with E-state index in [9.17, 15) is 0 Å². The summed E-state index contributed by atoms with van der Waals surface area (Å²) in [5.74, 6) is 7.32. The van der Waals surface area contributed by atoms with Gasteiger partial charge in [0.25, 0.3) is 0 Å². The van der Waals surface area contributed by atoms with Gasteiger partial charge < -0.3 is 11.1 Å². The van der Waals surface area contributed by atoms with Crippen LogP contribution in [0.25, 0.3) is 16.0 Å². The van der Waals surface area contributed by atoms with E-state index in [0.29, 0.717) is 13.1 Å². The van der Waals surface area contributed by atoms with E-state index in [1.54, 1.807) is 11.3 Å². The van der Waals surface area contributed by atoms with Gasteiger partial charge in [-0.05, 0) is 33.8 Å². The predicted molar refractivity (Wildman–Crippen MR) is 97.0 cm³/mol. The molecule has 3 aromatic heterocycles. The molecular formula is C17H21N5S. The summed E-state index contributed by atoms with van der Waals surface area (Å²) in [4.78, 5) is 11.3. The third-order valence-electron chi connectivity index (χ3n) is 3.28. The lowest BCUT2D eigenvalue weighted by molar-refractivity contribution is 0.571.